The number of ether oxygens (including phenoxy) is 7. The van der Waals surface area contributed by atoms with E-state index in [9.17, 15) is 24.0 Å². The lowest BCUT2D eigenvalue weighted by Crippen LogP contribution is -2.53. The first-order valence-corrected chi connectivity index (χ1v) is 41.1. The molecule has 13 fully saturated rings. The van der Waals surface area contributed by atoms with Gasteiger partial charge in [0, 0.05) is 11.8 Å². The van der Waals surface area contributed by atoms with Crippen LogP contribution in [0.4, 0.5) is 0 Å². The Morgan fingerprint density at radius 2 is 0.844 bits per heavy atom. The molecule has 13 aliphatic carbocycles. The summed E-state index contributed by atoms with van der Waals surface area (Å²) in [5.41, 5.74) is -2.04. The summed E-state index contributed by atoms with van der Waals surface area (Å²) in [6, 6.07) is 0. The molecule has 0 aliphatic heterocycles. The Morgan fingerprint density at radius 1 is 0.413 bits per heavy atom. The van der Waals surface area contributed by atoms with Crippen LogP contribution < -0.4 is 0 Å². The van der Waals surface area contributed by atoms with Crippen molar-refractivity contribution < 1.29 is 57.1 Å². The zero-order valence-electron chi connectivity index (χ0n) is 68.5. The third kappa shape index (κ3) is 23.6. The Labute approximate surface area is 678 Å². The number of carbonyl (C=O) groups excluding carboxylic acids is 5. The number of rotatable bonds is 21. The number of hydrogen-bond donors (Lipinski definition) is 0. The van der Waals surface area contributed by atoms with E-state index in [4.69, 9.17) is 33.2 Å². The fourth-order valence-electron chi connectivity index (χ4n) is 22.2. The topological polar surface area (TPSA) is 150 Å². The third-order valence-corrected chi connectivity index (χ3v) is 31.0. The molecule has 13 saturated carbocycles. The van der Waals surface area contributed by atoms with E-state index in [2.05, 4.69) is 62.3 Å². The summed E-state index contributed by atoms with van der Waals surface area (Å²) in [5.74, 6) is 12.5. The molecule has 0 aromatic heterocycles. The van der Waals surface area contributed by atoms with Crippen molar-refractivity contribution in [2.75, 3.05) is 0 Å². The molecule has 12 nitrogen and oxygen atoms in total. The minimum atomic E-state index is -0.418. The molecule has 12 heteroatoms. The number of fused-ring (bicyclic) bond motifs is 12. The molecular weight excluding hydrogens is 1360 g/mol. The van der Waals surface area contributed by atoms with E-state index in [0.29, 0.717) is 29.3 Å². The highest BCUT2D eigenvalue weighted by Crippen LogP contribution is 2.74. The smallest absolute Gasteiger partial charge is 0.313 e. The van der Waals surface area contributed by atoms with Crippen LogP contribution in [0.15, 0.2) is 0 Å². The molecule has 650 valence electrons. The highest BCUT2D eigenvalue weighted by molar-refractivity contribution is 5.78. The average molecular weight is 1550 g/mol. The van der Waals surface area contributed by atoms with Gasteiger partial charge in [0.1, 0.15) is 16.8 Å². The number of esters is 5. The van der Waals surface area contributed by atoms with E-state index in [-0.39, 0.29) is 148 Å². The largest absolute Gasteiger partial charge is 0.459 e. The lowest BCUT2D eigenvalue weighted by molar-refractivity contribution is -0.248. The second-order valence-electron chi connectivity index (χ2n) is 40.9. The molecule has 17 atom stereocenters. The van der Waals surface area contributed by atoms with Crippen molar-refractivity contribution in [1.82, 2.24) is 0 Å². The van der Waals surface area contributed by atoms with Gasteiger partial charge >= 0.3 is 29.8 Å². The van der Waals surface area contributed by atoms with Crippen molar-refractivity contribution in [1.29, 1.82) is 0 Å². The molecule has 0 saturated heterocycles. The maximum Gasteiger partial charge on any atom is 0.313 e. The first kappa shape index (κ1) is 110. The van der Waals surface area contributed by atoms with Gasteiger partial charge in [-0.15, -0.1) is 0 Å². The van der Waals surface area contributed by atoms with Gasteiger partial charge in [-0.2, -0.15) is 0 Å². The van der Waals surface area contributed by atoms with Gasteiger partial charge < -0.3 is 33.2 Å². The van der Waals surface area contributed by atoms with E-state index in [0.717, 1.165) is 115 Å². The minimum Gasteiger partial charge on any atom is -0.459 e. The molecule has 17 unspecified atom stereocenters. The molecule has 109 heavy (non-hydrogen) atoms. The first-order valence-electron chi connectivity index (χ1n) is 41.1. The van der Waals surface area contributed by atoms with Gasteiger partial charge in [-0.1, -0.05) is 150 Å². The molecule has 0 aromatic rings. The van der Waals surface area contributed by atoms with Crippen LogP contribution in [-0.2, 0) is 57.1 Å². The minimum absolute atomic E-state index is 0. The molecule has 13 rings (SSSR count). The van der Waals surface area contributed by atoms with E-state index < -0.39 is 23.4 Å². The van der Waals surface area contributed by atoms with Crippen LogP contribution in [0.1, 0.15) is 422 Å². The normalized spacial score (nSPS) is 33.5. The Kier molecular flexibility index (Phi) is 41.4. The number of hydrogen-bond acceptors (Lipinski definition) is 12. The average Bonchev–Trinajstić information content (AvgIpc) is 1.53. The highest BCUT2D eigenvalue weighted by atomic mass is 16.7. The maximum atomic E-state index is 12.7. The van der Waals surface area contributed by atoms with Crippen LogP contribution in [0.2, 0.25) is 0 Å². The Bertz CT molecular complexity index is 2750. The van der Waals surface area contributed by atoms with Gasteiger partial charge in [0.05, 0.1) is 38.8 Å². The molecule has 13 aliphatic rings. The Hall–Kier alpha value is -2.73. The van der Waals surface area contributed by atoms with Crippen LogP contribution in [0.5, 0.6) is 0 Å². The van der Waals surface area contributed by atoms with Crippen LogP contribution >= 0.6 is 0 Å². The summed E-state index contributed by atoms with van der Waals surface area (Å²) in [6.45, 7) is 55.4. The second kappa shape index (κ2) is 40.9. The molecule has 1 spiro atoms. The Balaban J connectivity index is -0.00000127. The molecule has 0 aromatic carbocycles. The van der Waals surface area contributed by atoms with Gasteiger partial charge in [0.25, 0.3) is 0 Å². The molecule has 0 N–H and O–H groups in total. The third-order valence-electron chi connectivity index (χ3n) is 31.0. The molecular formula is C97H190O12. The van der Waals surface area contributed by atoms with E-state index in [1.165, 1.54) is 122 Å². The van der Waals surface area contributed by atoms with E-state index >= 15 is 0 Å². The van der Waals surface area contributed by atoms with Crippen molar-refractivity contribution in [2.45, 2.75) is 463 Å². The zero-order valence-corrected chi connectivity index (χ0v) is 68.5. The summed E-state index contributed by atoms with van der Waals surface area (Å²) in [4.78, 5) is 61.2. The van der Waals surface area contributed by atoms with E-state index in [1.54, 1.807) is 0 Å². The second-order valence-corrected chi connectivity index (χ2v) is 40.9. The van der Waals surface area contributed by atoms with Crippen molar-refractivity contribution in [3.63, 3.8) is 0 Å². The molecule has 0 radical (unpaired) electrons. The van der Waals surface area contributed by atoms with Crippen molar-refractivity contribution in [3.8, 4) is 0 Å². The van der Waals surface area contributed by atoms with Gasteiger partial charge in [-0.3, -0.25) is 24.0 Å². The lowest BCUT2D eigenvalue weighted by Gasteiger charge is -2.56. The first-order chi connectivity index (χ1) is 45.6. The predicted octanol–water partition coefficient (Wildman–Crippen LogP) is 28.2. The van der Waals surface area contributed by atoms with E-state index in [1.807, 2.05) is 125 Å². The van der Waals surface area contributed by atoms with Crippen LogP contribution in [0.25, 0.3) is 0 Å². The standard InChI is InChI=1S/C21H36O2.C20H32O3.C18H30O3.C16H28O2.C12H24O2.10CH4/c1-8-18(3,4)17(22)23-20(7)11-12-21-13-16(20)19(5,6)15(21)10-9-14(21)2;1-5-20(3,4)19(21)23-11(2)22-16-10-14-9-15(16)18-13-7-6-12(8-13)17(14)18;1-5-17(3,4)16(19)20-12(2)21-18-9-13-6-14(10-18)8-15(7-13)11-18;1-6-15(2,3)14(17)18-16(4,5)13-10-11-7-8-12(13)9-11;1-8-11(4,5)10(13)14-12(6,7)9(2)3;;;;;;;;;;/h14-16H,8-13H2,1-7H3;11-18H,5-10H2,1-4H3;12-15H,5-11H2,1-4H3;11-13H,6-10H2,1-5H3;9H,8H2,1-7H3;10*1H4. The lowest BCUT2D eigenvalue weighted by atomic mass is 9.54. The van der Waals surface area contributed by atoms with Crippen LogP contribution in [0, 0.1) is 133 Å². The quantitative estimate of drug-likeness (QED) is 0.0466. The van der Waals surface area contributed by atoms with Crippen LogP contribution in [-0.4, -0.2) is 70.9 Å². The van der Waals surface area contributed by atoms with Crippen LogP contribution in [0.3, 0.4) is 0 Å². The predicted molar refractivity (Wildman–Crippen MR) is 464 cm³/mol. The summed E-state index contributed by atoms with van der Waals surface area (Å²) in [5, 5.41) is 0. The summed E-state index contributed by atoms with van der Waals surface area (Å²) in [6.07, 6.45) is 30.0. The van der Waals surface area contributed by atoms with Gasteiger partial charge in [-0.05, 0) is 365 Å². The summed E-state index contributed by atoms with van der Waals surface area (Å²) >= 11 is 0. The zero-order chi connectivity index (χ0) is 74.0. The van der Waals surface area contributed by atoms with Gasteiger partial charge in [-0.25, -0.2) is 0 Å². The monoisotopic (exact) mass is 1550 g/mol. The highest BCUT2D eigenvalue weighted by Gasteiger charge is 2.69. The molecule has 0 amide bonds. The molecule has 0 heterocycles. The fraction of sp³-hybridized carbons (Fsp3) is 0.948. The molecule has 12 bridgehead atoms. The fourth-order valence-corrected chi connectivity index (χ4v) is 22.2. The van der Waals surface area contributed by atoms with Crippen molar-refractivity contribution >= 4 is 29.8 Å². The van der Waals surface area contributed by atoms with Gasteiger partial charge in [0.15, 0.2) is 6.29 Å². The summed E-state index contributed by atoms with van der Waals surface area (Å²) < 4.78 is 41.4. The van der Waals surface area contributed by atoms with Crippen molar-refractivity contribution in [3.05, 3.63) is 0 Å². The summed E-state index contributed by atoms with van der Waals surface area (Å²) in [7, 11) is 0. The van der Waals surface area contributed by atoms with Crippen molar-refractivity contribution in [2.24, 2.45) is 133 Å². The van der Waals surface area contributed by atoms with Gasteiger partial charge in [0.2, 0.25) is 6.29 Å². The number of carbonyl (C=O) groups is 5. The SMILES string of the molecule is C.C.C.C.C.C.C.C.C.C.CCC(C)(C)C(=O)OC(C)(C)C(C)C.CCC(C)(C)C(=O)OC(C)(C)C1CC2CCC1C2.CCC(C)(C)C(=O)OC(C)OC12CC3CC(CC(C3)C1)C2.CCC(C)(C)C(=O)OC(C)OC1CC2CC1C1C3CCC(C3)C21.CCC(C)(C)C(=O)OC1(C)CCC23CC1C(C)(C)C2CCC3C. The Morgan fingerprint density at radius 3 is 1.28 bits per heavy atom. The maximum absolute atomic E-state index is 12.7.